The zero-order valence-electron chi connectivity index (χ0n) is 7.90. The Hall–Kier alpha value is -1.76. The summed E-state index contributed by atoms with van der Waals surface area (Å²) in [4.78, 5) is 6.10. The predicted molar refractivity (Wildman–Crippen MR) is 54.8 cm³/mol. The molecule has 0 aromatic carbocycles. The van der Waals surface area contributed by atoms with Crippen LogP contribution in [0.2, 0.25) is 0 Å². The second kappa shape index (κ2) is 3.54. The standard InChI is InChI=1S/C10H12N4/c11-7-8-9(3-4-13-10(8)12)14-5-1-2-6-14/h3-4H,1-2,5-6H2,(H2,12,13). The predicted octanol–water partition coefficient (Wildman–Crippen LogP) is 1.14. The molecule has 2 heterocycles. The van der Waals surface area contributed by atoms with E-state index in [0.717, 1.165) is 18.8 Å². The molecule has 14 heavy (non-hydrogen) atoms. The summed E-state index contributed by atoms with van der Waals surface area (Å²) >= 11 is 0. The van der Waals surface area contributed by atoms with Gasteiger partial charge in [0.2, 0.25) is 0 Å². The Morgan fingerprint density at radius 2 is 2.14 bits per heavy atom. The molecule has 2 rings (SSSR count). The van der Waals surface area contributed by atoms with E-state index in [1.165, 1.54) is 12.8 Å². The molecule has 0 unspecified atom stereocenters. The first kappa shape index (κ1) is 8.82. The van der Waals surface area contributed by atoms with Crippen molar-refractivity contribution in [2.24, 2.45) is 0 Å². The number of rotatable bonds is 1. The summed E-state index contributed by atoms with van der Waals surface area (Å²) in [5, 5.41) is 8.96. The Labute approximate surface area is 83.0 Å². The van der Waals surface area contributed by atoms with E-state index >= 15 is 0 Å². The van der Waals surface area contributed by atoms with Crippen LogP contribution in [0.3, 0.4) is 0 Å². The molecular formula is C10H12N4. The van der Waals surface area contributed by atoms with Gasteiger partial charge in [-0.25, -0.2) is 4.98 Å². The van der Waals surface area contributed by atoms with Gasteiger partial charge in [-0.05, 0) is 18.9 Å². The van der Waals surface area contributed by atoms with Crippen LogP contribution in [-0.2, 0) is 0 Å². The summed E-state index contributed by atoms with van der Waals surface area (Å²) in [5.74, 6) is 0.330. The number of nitrogens with zero attached hydrogens (tertiary/aromatic N) is 3. The minimum atomic E-state index is 0.330. The van der Waals surface area contributed by atoms with Gasteiger partial charge in [0.25, 0.3) is 0 Å². The lowest BCUT2D eigenvalue weighted by Crippen LogP contribution is -2.19. The number of hydrogen-bond donors (Lipinski definition) is 1. The van der Waals surface area contributed by atoms with E-state index in [-0.39, 0.29) is 0 Å². The first-order valence-electron chi connectivity index (χ1n) is 4.72. The quantitative estimate of drug-likeness (QED) is 0.717. The number of nitriles is 1. The molecule has 1 aliphatic heterocycles. The summed E-state index contributed by atoms with van der Waals surface area (Å²) in [6, 6.07) is 3.97. The molecule has 0 radical (unpaired) electrons. The van der Waals surface area contributed by atoms with Crippen molar-refractivity contribution in [2.75, 3.05) is 23.7 Å². The Balaban J connectivity index is 2.42. The maximum absolute atomic E-state index is 8.96. The van der Waals surface area contributed by atoms with Crippen LogP contribution in [0.25, 0.3) is 0 Å². The minimum absolute atomic E-state index is 0.330. The molecule has 1 fully saturated rings. The minimum Gasteiger partial charge on any atom is -0.383 e. The van der Waals surface area contributed by atoms with Crippen LogP contribution < -0.4 is 10.6 Å². The smallest absolute Gasteiger partial charge is 0.143 e. The van der Waals surface area contributed by atoms with Crippen LogP contribution in [0.1, 0.15) is 18.4 Å². The number of hydrogen-bond acceptors (Lipinski definition) is 4. The van der Waals surface area contributed by atoms with E-state index in [2.05, 4.69) is 16.0 Å². The van der Waals surface area contributed by atoms with Gasteiger partial charge in [0, 0.05) is 19.3 Å². The fraction of sp³-hybridized carbons (Fsp3) is 0.400. The van der Waals surface area contributed by atoms with Crippen molar-refractivity contribution in [2.45, 2.75) is 12.8 Å². The molecule has 4 heteroatoms. The lowest BCUT2D eigenvalue weighted by atomic mass is 10.2. The molecule has 0 bridgehead atoms. The average Bonchev–Trinajstić information content (AvgIpc) is 2.70. The van der Waals surface area contributed by atoms with Gasteiger partial charge in [-0.1, -0.05) is 0 Å². The van der Waals surface area contributed by atoms with Crippen molar-refractivity contribution in [3.05, 3.63) is 17.8 Å². The molecule has 2 N–H and O–H groups in total. The SMILES string of the molecule is N#Cc1c(N2CCCC2)ccnc1N. The fourth-order valence-corrected chi connectivity index (χ4v) is 1.80. The van der Waals surface area contributed by atoms with Crippen LogP contribution >= 0.6 is 0 Å². The van der Waals surface area contributed by atoms with Crippen molar-refractivity contribution in [1.82, 2.24) is 4.98 Å². The number of aromatic nitrogens is 1. The zero-order chi connectivity index (χ0) is 9.97. The highest BCUT2D eigenvalue weighted by atomic mass is 15.1. The van der Waals surface area contributed by atoms with Gasteiger partial charge in [0.1, 0.15) is 17.5 Å². The number of nitrogen functional groups attached to an aromatic ring is 1. The summed E-state index contributed by atoms with van der Waals surface area (Å²) in [7, 11) is 0. The largest absolute Gasteiger partial charge is 0.383 e. The van der Waals surface area contributed by atoms with Gasteiger partial charge in [0.15, 0.2) is 0 Å². The van der Waals surface area contributed by atoms with Crippen LogP contribution in [0, 0.1) is 11.3 Å². The molecule has 0 amide bonds. The van der Waals surface area contributed by atoms with Crippen molar-refractivity contribution in [3.8, 4) is 6.07 Å². The topological polar surface area (TPSA) is 65.9 Å². The molecule has 1 aromatic rings. The Morgan fingerprint density at radius 3 is 2.79 bits per heavy atom. The first-order valence-corrected chi connectivity index (χ1v) is 4.72. The van der Waals surface area contributed by atoms with Crippen molar-refractivity contribution < 1.29 is 0 Å². The number of anilines is 2. The second-order valence-electron chi connectivity index (χ2n) is 3.40. The molecule has 72 valence electrons. The molecule has 0 saturated carbocycles. The third-order valence-corrected chi connectivity index (χ3v) is 2.52. The third-order valence-electron chi connectivity index (χ3n) is 2.52. The van der Waals surface area contributed by atoms with Crippen molar-refractivity contribution in [1.29, 1.82) is 5.26 Å². The van der Waals surface area contributed by atoms with Gasteiger partial charge >= 0.3 is 0 Å². The molecule has 1 saturated heterocycles. The third kappa shape index (κ3) is 1.37. The van der Waals surface area contributed by atoms with Gasteiger partial charge in [-0.2, -0.15) is 5.26 Å². The fourth-order valence-electron chi connectivity index (χ4n) is 1.80. The monoisotopic (exact) mass is 188 g/mol. The van der Waals surface area contributed by atoms with E-state index in [9.17, 15) is 0 Å². The van der Waals surface area contributed by atoms with E-state index < -0.39 is 0 Å². The highest BCUT2D eigenvalue weighted by Crippen LogP contribution is 2.26. The van der Waals surface area contributed by atoms with Gasteiger partial charge < -0.3 is 10.6 Å². The lowest BCUT2D eigenvalue weighted by molar-refractivity contribution is 0.949. The van der Waals surface area contributed by atoms with Gasteiger partial charge in [-0.15, -0.1) is 0 Å². The Bertz CT molecular complexity index is 374. The van der Waals surface area contributed by atoms with E-state index in [1.54, 1.807) is 6.20 Å². The van der Waals surface area contributed by atoms with Crippen molar-refractivity contribution >= 4 is 11.5 Å². The van der Waals surface area contributed by atoms with Crippen LogP contribution in [0.4, 0.5) is 11.5 Å². The average molecular weight is 188 g/mol. The normalized spacial score (nSPS) is 15.5. The van der Waals surface area contributed by atoms with Crippen LogP contribution in [0.5, 0.6) is 0 Å². The Kier molecular flexibility index (Phi) is 2.23. The molecule has 4 nitrogen and oxygen atoms in total. The first-order chi connectivity index (χ1) is 6.83. The molecule has 1 aromatic heterocycles. The number of pyridine rings is 1. The Morgan fingerprint density at radius 1 is 1.43 bits per heavy atom. The summed E-state index contributed by atoms with van der Waals surface area (Å²) < 4.78 is 0. The van der Waals surface area contributed by atoms with E-state index in [0.29, 0.717) is 11.4 Å². The zero-order valence-corrected chi connectivity index (χ0v) is 7.90. The molecule has 0 atom stereocenters. The van der Waals surface area contributed by atoms with Crippen LogP contribution in [-0.4, -0.2) is 18.1 Å². The van der Waals surface area contributed by atoms with Crippen molar-refractivity contribution in [3.63, 3.8) is 0 Å². The van der Waals surface area contributed by atoms with Gasteiger partial charge in [0.05, 0.1) is 5.69 Å². The molecular weight excluding hydrogens is 176 g/mol. The molecule has 0 spiro atoms. The number of nitrogens with two attached hydrogens (primary N) is 1. The van der Waals surface area contributed by atoms with E-state index in [4.69, 9.17) is 11.0 Å². The lowest BCUT2D eigenvalue weighted by Gasteiger charge is -2.18. The van der Waals surface area contributed by atoms with E-state index in [1.807, 2.05) is 6.07 Å². The summed E-state index contributed by atoms with van der Waals surface area (Å²) in [6.07, 6.45) is 4.03. The highest BCUT2D eigenvalue weighted by Gasteiger charge is 2.17. The molecule has 1 aliphatic rings. The second-order valence-corrected chi connectivity index (χ2v) is 3.40. The maximum Gasteiger partial charge on any atom is 0.143 e. The maximum atomic E-state index is 8.96. The summed E-state index contributed by atoms with van der Waals surface area (Å²) in [5.41, 5.74) is 7.08. The van der Waals surface area contributed by atoms with Crippen LogP contribution in [0.15, 0.2) is 12.3 Å². The summed E-state index contributed by atoms with van der Waals surface area (Å²) in [6.45, 7) is 2.02. The van der Waals surface area contributed by atoms with Gasteiger partial charge in [-0.3, -0.25) is 0 Å². The highest BCUT2D eigenvalue weighted by molar-refractivity contribution is 5.67. The molecule has 0 aliphatic carbocycles.